The van der Waals surface area contributed by atoms with E-state index in [1.54, 1.807) is 18.1 Å². The topological polar surface area (TPSA) is 116 Å². The first-order valence-corrected chi connectivity index (χ1v) is 36.4. The number of aryl methyl sites for hydroxylation is 1. The molecule has 10 nitrogen and oxygen atoms in total. The third kappa shape index (κ3) is 37.0. The van der Waals surface area contributed by atoms with Crippen LogP contribution in [-0.4, -0.2) is 67.4 Å². The second-order valence-corrected chi connectivity index (χ2v) is 26.1. The molecule has 520 valence electrons. The molecule has 1 N–H and O–H groups in total. The lowest BCUT2D eigenvalue weighted by Gasteiger charge is -2.24. The van der Waals surface area contributed by atoms with Crippen molar-refractivity contribution < 1.29 is 33.3 Å². The molecule has 0 spiro atoms. The summed E-state index contributed by atoms with van der Waals surface area (Å²) in [5.74, 6) is 5.40. The fourth-order valence-corrected chi connectivity index (χ4v) is 10.0. The molecule has 0 bridgehead atoms. The third-order valence-electron chi connectivity index (χ3n) is 15.5. The molecule has 5 atom stereocenters. The maximum atomic E-state index is 13.2. The average Bonchev–Trinajstić information content (AvgIpc) is 1.90. The van der Waals surface area contributed by atoms with Crippen LogP contribution in [0.4, 0.5) is 0 Å². The number of aromatic nitrogens is 1. The second-order valence-electron chi connectivity index (χ2n) is 24.3. The van der Waals surface area contributed by atoms with Crippen LogP contribution in [0.25, 0.3) is 5.76 Å². The molecule has 2 heterocycles. The van der Waals surface area contributed by atoms with E-state index < -0.39 is 0 Å². The molecule has 4 aromatic rings. The van der Waals surface area contributed by atoms with Gasteiger partial charge in [0.2, 0.25) is 11.8 Å². The maximum absolute atomic E-state index is 13.2. The number of benzene rings is 3. The van der Waals surface area contributed by atoms with Gasteiger partial charge in [0.05, 0.1) is 19.1 Å². The molecular formula is C81H126ClN3O7S. The number of hydrogen-bond acceptors (Lipinski definition) is 9. The average molecular weight is 1320 g/mol. The fourth-order valence-electron chi connectivity index (χ4n) is 8.92. The van der Waals surface area contributed by atoms with Gasteiger partial charge in [0, 0.05) is 42.8 Å². The second kappa shape index (κ2) is 53.2. The van der Waals surface area contributed by atoms with Crippen LogP contribution in [0.1, 0.15) is 265 Å². The van der Waals surface area contributed by atoms with Crippen LogP contribution in [0.2, 0.25) is 5.02 Å². The molecule has 0 aliphatic carbocycles. The number of halogens is 1. The van der Waals surface area contributed by atoms with Gasteiger partial charge in [0.15, 0.2) is 5.78 Å². The molecule has 5 unspecified atom stereocenters. The molecule has 1 aliphatic heterocycles. The van der Waals surface area contributed by atoms with E-state index in [1.807, 2.05) is 99.6 Å². The molecule has 2 amide bonds. The Kier molecular flexibility index (Phi) is 49.8. The first kappa shape index (κ1) is 87.0. The minimum atomic E-state index is -0.352. The smallest absolute Gasteiger partial charge is 0.240 e. The van der Waals surface area contributed by atoms with Crippen LogP contribution in [0.15, 0.2) is 138 Å². The minimum absolute atomic E-state index is 0.00368. The summed E-state index contributed by atoms with van der Waals surface area (Å²) in [5.41, 5.74) is 7.09. The zero-order chi connectivity index (χ0) is 70.1. The van der Waals surface area contributed by atoms with Gasteiger partial charge in [-0.1, -0.05) is 222 Å². The van der Waals surface area contributed by atoms with E-state index in [-0.39, 0.29) is 34.7 Å². The number of nitrogens with one attached hydrogen (secondary N) is 1. The van der Waals surface area contributed by atoms with Crippen LogP contribution in [-0.2, 0) is 20.7 Å². The summed E-state index contributed by atoms with van der Waals surface area (Å²) < 4.78 is 23.8. The van der Waals surface area contributed by atoms with Crippen molar-refractivity contribution in [2.24, 2.45) is 17.8 Å². The zero-order valence-corrected chi connectivity index (χ0v) is 63.1. The molecule has 1 aromatic heterocycles. The summed E-state index contributed by atoms with van der Waals surface area (Å²) in [6.45, 7) is 49.4. The zero-order valence-electron chi connectivity index (χ0n) is 61.5. The normalized spacial score (nSPS) is 14.0. The van der Waals surface area contributed by atoms with Gasteiger partial charge >= 0.3 is 0 Å². The SMILES string of the molecule is C=C(C)SC(C(=O)N1CCC(C(=O)NC)C1)c1ccc(OCCCCC)cc1.C=C(Oc1ccc(OC/C(C)=C/C=C(\C=C(C)CC)OCCC)cc1CCC)c1ccccn1.CCC.CCC(C)C(=O)c1cc(Cl)ccc1C(C)CC.CCCC.CCCC(C)CC. The number of carbonyl (C=O) groups excluding carboxylic acids is 3. The number of carbonyl (C=O) groups is 3. The maximum Gasteiger partial charge on any atom is 0.240 e. The molecule has 1 saturated heterocycles. The van der Waals surface area contributed by atoms with Crippen LogP contribution in [0.3, 0.4) is 0 Å². The van der Waals surface area contributed by atoms with Gasteiger partial charge in [-0.05, 0) is 171 Å². The van der Waals surface area contributed by atoms with E-state index in [0.717, 1.165) is 119 Å². The highest BCUT2D eigenvalue weighted by molar-refractivity contribution is 8.03. The van der Waals surface area contributed by atoms with E-state index >= 15 is 0 Å². The first-order valence-electron chi connectivity index (χ1n) is 35.2. The fraction of sp³-hybridized carbons (Fsp3) is 0.556. The van der Waals surface area contributed by atoms with Gasteiger partial charge in [0.25, 0.3) is 0 Å². The number of thioether (sulfide) groups is 1. The number of nitrogens with zero attached hydrogens (tertiary/aromatic N) is 2. The summed E-state index contributed by atoms with van der Waals surface area (Å²) in [6.07, 6.45) is 25.8. The Hall–Kier alpha value is -6.04. The lowest BCUT2D eigenvalue weighted by Crippen LogP contribution is -2.35. The number of amides is 2. The van der Waals surface area contributed by atoms with E-state index in [4.69, 9.17) is 30.5 Å². The monoisotopic (exact) mass is 1320 g/mol. The Balaban J connectivity index is 0.00000128. The number of unbranched alkanes of at least 4 members (excludes halogenated alkanes) is 3. The van der Waals surface area contributed by atoms with Gasteiger partial charge < -0.3 is 29.2 Å². The lowest BCUT2D eigenvalue weighted by molar-refractivity contribution is -0.130. The number of allylic oxidation sites excluding steroid dienone is 5. The predicted octanol–water partition coefficient (Wildman–Crippen LogP) is 23.4. The molecule has 3 aromatic carbocycles. The van der Waals surface area contributed by atoms with E-state index in [0.29, 0.717) is 56.0 Å². The predicted molar refractivity (Wildman–Crippen MR) is 402 cm³/mol. The molecule has 5 rings (SSSR count). The highest BCUT2D eigenvalue weighted by Gasteiger charge is 2.35. The van der Waals surface area contributed by atoms with Gasteiger partial charge in [-0.25, -0.2) is 0 Å². The largest absolute Gasteiger partial charge is 0.494 e. The summed E-state index contributed by atoms with van der Waals surface area (Å²) >= 11 is 7.47. The van der Waals surface area contributed by atoms with Crippen molar-refractivity contribution in [3.63, 3.8) is 0 Å². The minimum Gasteiger partial charge on any atom is -0.494 e. The number of likely N-dealkylation sites (tertiary alicyclic amines) is 1. The van der Waals surface area contributed by atoms with Crippen molar-refractivity contribution in [1.82, 2.24) is 15.2 Å². The molecular weight excluding hydrogens is 1190 g/mol. The van der Waals surface area contributed by atoms with E-state index in [9.17, 15) is 14.4 Å². The van der Waals surface area contributed by atoms with Crippen molar-refractivity contribution in [2.45, 2.75) is 239 Å². The summed E-state index contributed by atoms with van der Waals surface area (Å²) in [6, 6.07) is 25.1. The Labute approximate surface area is 576 Å². The quantitative estimate of drug-likeness (QED) is 0.0215. The molecule has 93 heavy (non-hydrogen) atoms. The Morgan fingerprint density at radius 3 is 1.96 bits per heavy atom. The van der Waals surface area contributed by atoms with Gasteiger partial charge in [-0.3, -0.25) is 19.4 Å². The standard InChI is InChI=1S/C30H39NO3.C22H32N2O3S.C15H21ClO.C7H16.C4H10.C3H8/c1-7-12-26-21-28(16-17-30(26)34-25(6)29-13-10-11-18-31-29)33-22-24(5)14-15-27(32-19-8-2)20-23(4)9-3;1-5-6-7-14-27-19-10-8-17(9-11-19)20(28-16(2)3)22(26)24-13-12-18(15-24)21(25)23-4;1-5-10(3)13-8-7-12(16)9-14(13)15(17)11(4)6-2;1-4-6-7(3)5-2;1-3-4-2;1-3-2/h10-11,13-18,20-21H,6-9,12,19,22H2,1-5H3;8-11,18,20H,2,5-7,12-15H2,1,3-4H3,(H,23,25);7-11H,5-6H2,1-4H3;7H,4-6H2,1-3H3;3-4H2,1-2H3;3H2,1-2H3/b23-20?,24-14+,27-15+;;;;;. The van der Waals surface area contributed by atoms with Crippen molar-refractivity contribution in [1.29, 1.82) is 0 Å². The highest BCUT2D eigenvalue weighted by atomic mass is 35.5. The lowest BCUT2D eigenvalue weighted by atomic mass is 9.87. The Bertz CT molecular complexity index is 2790. The summed E-state index contributed by atoms with van der Waals surface area (Å²) in [4.78, 5) is 44.4. The molecule has 1 aliphatic rings. The Morgan fingerprint density at radius 2 is 1.42 bits per heavy atom. The molecule has 1 fully saturated rings. The van der Waals surface area contributed by atoms with Crippen LogP contribution in [0, 0.1) is 17.8 Å². The van der Waals surface area contributed by atoms with Crippen molar-refractivity contribution >= 4 is 46.7 Å². The highest BCUT2D eigenvalue weighted by Crippen LogP contribution is 2.38. The van der Waals surface area contributed by atoms with Crippen LogP contribution in [0.5, 0.6) is 17.2 Å². The third-order valence-corrected chi connectivity index (χ3v) is 16.8. The number of hydrogen-bond donors (Lipinski definition) is 1. The number of ether oxygens (including phenoxy) is 4. The number of pyridine rings is 1. The van der Waals surface area contributed by atoms with Crippen LogP contribution < -0.4 is 19.5 Å². The summed E-state index contributed by atoms with van der Waals surface area (Å²) in [7, 11) is 1.64. The van der Waals surface area contributed by atoms with Crippen molar-refractivity contribution in [3.05, 3.63) is 171 Å². The molecule has 0 radical (unpaired) electrons. The van der Waals surface area contributed by atoms with E-state index in [1.165, 1.54) is 62.3 Å². The van der Waals surface area contributed by atoms with Crippen molar-refractivity contribution in [3.8, 4) is 17.2 Å². The summed E-state index contributed by atoms with van der Waals surface area (Å²) in [5, 5.41) is 2.97. The Morgan fingerprint density at radius 1 is 0.742 bits per heavy atom. The van der Waals surface area contributed by atoms with Crippen molar-refractivity contribution in [2.75, 3.05) is 40.0 Å². The van der Waals surface area contributed by atoms with Gasteiger partial charge in [-0.15, -0.1) is 11.8 Å². The van der Waals surface area contributed by atoms with Crippen LogP contribution >= 0.6 is 23.4 Å². The number of Topliss-reactive ketones (excluding diaryl/α,β-unsaturated/α-hetero) is 1. The van der Waals surface area contributed by atoms with Gasteiger partial charge in [0.1, 0.15) is 46.3 Å². The number of ketones is 1. The van der Waals surface area contributed by atoms with Gasteiger partial charge in [-0.2, -0.15) is 0 Å². The van der Waals surface area contributed by atoms with E-state index in [2.05, 4.69) is 146 Å². The first-order chi connectivity index (χ1) is 44.6. The molecule has 0 saturated carbocycles. The number of rotatable bonds is 33. The molecule has 12 heteroatoms.